The molecule has 86 valence electrons. The highest BCUT2D eigenvalue weighted by molar-refractivity contribution is 5.00. The first kappa shape index (κ1) is 10.1. The third-order valence-electron chi connectivity index (χ3n) is 5.13. The van der Waals surface area contributed by atoms with Crippen molar-refractivity contribution in [3.05, 3.63) is 0 Å². The maximum absolute atomic E-state index is 6.11. The summed E-state index contributed by atoms with van der Waals surface area (Å²) in [7, 11) is 0. The van der Waals surface area contributed by atoms with Gasteiger partial charge >= 0.3 is 0 Å². The van der Waals surface area contributed by atoms with Crippen molar-refractivity contribution >= 4 is 0 Å². The molecule has 0 aromatic rings. The van der Waals surface area contributed by atoms with E-state index < -0.39 is 0 Å². The van der Waals surface area contributed by atoms with E-state index in [-0.39, 0.29) is 0 Å². The molecule has 0 radical (unpaired) electrons. The van der Waals surface area contributed by atoms with Gasteiger partial charge < -0.3 is 5.73 Å². The molecule has 2 nitrogen and oxygen atoms in total. The van der Waals surface area contributed by atoms with Crippen LogP contribution in [0.3, 0.4) is 0 Å². The molecule has 3 aliphatic rings. The zero-order valence-electron chi connectivity index (χ0n) is 9.86. The van der Waals surface area contributed by atoms with Gasteiger partial charge in [-0.3, -0.25) is 4.90 Å². The SMILES string of the molecule is CC(C1CCC1)N1C2CCC1CC(N)C2. The number of nitrogens with two attached hydrogens (primary N) is 1. The second kappa shape index (κ2) is 3.74. The number of nitrogens with zero attached hydrogens (tertiary/aromatic N) is 1. The minimum Gasteiger partial charge on any atom is -0.328 e. The molecule has 0 amide bonds. The third-order valence-corrected chi connectivity index (χ3v) is 5.13. The van der Waals surface area contributed by atoms with E-state index >= 15 is 0 Å². The molecule has 3 unspecified atom stereocenters. The standard InChI is InChI=1S/C13H24N2/c1-9(10-3-2-4-10)15-12-5-6-13(15)8-11(14)7-12/h9-13H,2-8,14H2,1H3. The normalized spacial score (nSPS) is 44.0. The average Bonchev–Trinajstić information content (AvgIpc) is 2.36. The Morgan fingerprint density at radius 2 is 1.67 bits per heavy atom. The number of hydrogen-bond donors (Lipinski definition) is 1. The van der Waals surface area contributed by atoms with Gasteiger partial charge in [-0.25, -0.2) is 0 Å². The van der Waals surface area contributed by atoms with Crippen molar-refractivity contribution in [2.75, 3.05) is 0 Å². The molecule has 2 N–H and O–H groups in total. The van der Waals surface area contributed by atoms with Crippen LogP contribution in [0.4, 0.5) is 0 Å². The minimum absolute atomic E-state index is 0.493. The van der Waals surface area contributed by atoms with Crippen LogP contribution in [0.2, 0.25) is 0 Å². The quantitative estimate of drug-likeness (QED) is 0.753. The number of hydrogen-bond acceptors (Lipinski definition) is 2. The Hall–Kier alpha value is -0.0800. The van der Waals surface area contributed by atoms with Crippen LogP contribution in [0.1, 0.15) is 51.9 Å². The van der Waals surface area contributed by atoms with E-state index in [0.717, 1.165) is 24.0 Å². The van der Waals surface area contributed by atoms with Crippen molar-refractivity contribution < 1.29 is 0 Å². The zero-order valence-corrected chi connectivity index (χ0v) is 9.86. The zero-order chi connectivity index (χ0) is 10.4. The Bertz CT molecular complexity index is 223. The Morgan fingerprint density at radius 1 is 1.07 bits per heavy atom. The van der Waals surface area contributed by atoms with Crippen LogP contribution >= 0.6 is 0 Å². The number of rotatable bonds is 2. The second-order valence-electron chi connectivity index (χ2n) is 6.00. The highest BCUT2D eigenvalue weighted by Gasteiger charge is 2.44. The Morgan fingerprint density at radius 3 is 2.13 bits per heavy atom. The van der Waals surface area contributed by atoms with Crippen LogP contribution in [0.5, 0.6) is 0 Å². The summed E-state index contributed by atoms with van der Waals surface area (Å²) in [6.07, 6.45) is 9.76. The Balaban J connectivity index is 1.70. The molecule has 2 saturated heterocycles. The fraction of sp³-hybridized carbons (Fsp3) is 1.00. The van der Waals surface area contributed by atoms with Crippen molar-refractivity contribution in [1.82, 2.24) is 4.90 Å². The number of piperidine rings is 1. The molecule has 1 saturated carbocycles. The average molecular weight is 208 g/mol. The summed E-state index contributed by atoms with van der Waals surface area (Å²) >= 11 is 0. The van der Waals surface area contributed by atoms with Crippen LogP contribution in [-0.2, 0) is 0 Å². The highest BCUT2D eigenvalue weighted by Crippen LogP contribution is 2.41. The van der Waals surface area contributed by atoms with Crippen LogP contribution in [0.25, 0.3) is 0 Å². The van der Waals surface area contributed by atoms with Crippen molar-refractivity contribution in [3.8, 4) is 0 Å². The monoisotopic (exact) mass is 208 g/mol. The molecule has 0 aromatic heterocycles. The van der Waals surface area contributed by atoms with E-state index in [1.54, 1.807) is 0 Å². The van der Waals surface area contributed by atoms with Gasteiger partial charge in [0, 0.05) is 24.2 Å². The van der Waals surface area contributed by atoms with Crippen LogP contribution in [0.15, 0.2) is 0 Å². The lowest BCUT2D eigenvalue weighted by atomic mass is 9.78. The molecule has 3 fully saturated rings. The van der Waals surface area contributed by atoms with E-state index in [2.05, 4.69) is 11.8 Å². The third kappa shape index (κ3) is 1.62. The van der Waals surface area contributed by atoms with Crippen molar-refractivity contribution in [2.45, 2.75) is 76.0 Å². The summed E-state index contributed by atoms with van der Waals surface area (Å²) in [5.41, 5.74) is 6.11. The summed E-state index contributed by atoms with van der Waals surface area (Å²) in [6.45, 7) is 2.46. The smallest absolute Gasteiger partial charge is 0.0116 e. The van der Waals surface area contributed by atoms with Gasteiger partial charge in [-0.15, -0.1) is 0 Å². The van der Waals surface area contributed by atoms with Gasteiger partial charge in [0.05, 0.1) is 0 Å². The fourth-order valence-corrected chi connectivity index (χ4v) is 4.09. The fourth-order valence-electron chi connectivity index (χ4n) is 4.09. The maximum atomic E-state index is 6.11. The first-order chi connectivity index (χ1) is 7.25. The predicted octanol–water partition coefficient (Wildman–Crippen LogP) is 2.13. The highest BCUT2D eigenvalue weighted by atomic mass is 15.3. The maximum Gasteiger partial charge on any atom is 0.0116 e. The minimum atomic E-state index is 0.493. The molecule has 1 aliphatic carbocycles. The first-order valence-electron chi connectivity index (χ1n) is 6.78. The molecule has 2 aliphatic heterocycles. The molecule has 2 bridgehead atoms. The van der Waals surface area contributed by atoms with E-state index in [9.17, 15) is 0 Å². The molecule has 2 heteroatoms. The molecule has 0 aromatic carbocycles. The van der Waals surface area contributed by atoms with E-state index in [1.165, 1.54) is 44.9 Å². The van der Waals surface area contributed by atoms with E-state index in [4.69, 9.17) is 5.73 Å². The van der Waals surface area contributed by atoms with Gasteiger partial charge in [0.15, 0.2) is 0 Å². The van der Waals surface area contributed by atoms with E-state index in [1.807, 2.05) is 0 Å². The lowest BCUT2D eigenvalue weighted by Gasteiger charge is -2.46. The van der Waals surface area contributed by atoms with Gasteiger partial charge in [-0.1, -0.05) is 6.42 Å². The second-order valence-corrected chi connectivity index (χ2v) is 6.00. The lowest BCUT2D eigenvalue weighted by molar-refractivity contribution is 0.0326. The van der Waals surface area contributed by atoms with Crippen molar-refractivity contribution in [3.63, 3.8) is 0 Å². The van der Waals surface area contributed by atoms with Crippen LogP contribution in [0, 0.1) is 5.92 Å². The first-order valence-corrected chi connectivity index (χ1v) is 6.78. The van der Waals surface area contributed by atoms with Crippen LogP contribution < -0.4 is 5.73 Å². The molecule has 15 heavy (non-hydrogen) atoms. The van der Waals surface area contributed by atoms with Gasteiger partial charge in [-0.05, 0) is 51.4 Å². The molecule has 2 heterocycles. The molecule has 3 rings (SSSR count). The van der Waals surface area contributed by atoms with Gasteiger partial charge in [0.25, 0.3) is 0 Å². The summed E-state index contributed by atoms with van der Waals surface area (Å²) in [4.78, 5) is 2.84. The summed E-state index contributed by atoms with van der Waals surface area (Å²) in [5.74, 6) is 1.00. The Kier molecular flexibility index (Phi) is 2.52. The summed E-state index contributed by atoms with van der Waals surface area (Å²) in [5, 5.41) is 0. The molecule has 3 atom stereocenters. The van der Waals surface area contributed by atoms with Gasteiger partial charge in [0.2, 0.25) is 0 Å². The summed E-state index contributed by atoms with van der Waals surface area (Å²) in [6, 6.07) is 2.99. The predicted molar refractivity (Wildman–Crippen MR) is 62.7 cm³/mol. The van der Waals surface area contributed by atoms with Gasteiger partial charge in [0.1, 0.15) is 0 Å². The molecular weight excluding hydrogens is 184 g/mol. The molecular formula is C13H24N2. The van der Waals surface area contributed by atoms with Crippen molar-refractivity contribution in [2.24, 2.45) is 11.7 Å². The number of fused-ring (bicyclic) bond motifs is 2. The largest absolute Gasteiger partial charge is 0.328 e. The Labute approximate surface area is 93.2 Å². The molecule has 0 spiro atoms. The lowest BCUT2D eigenvalue weighted by Crippen LogP contribution is -2.53. The summed E-state index contributed by atoms with van der Waals surface area (Å²) < 4.78 is 0. The topological polar surface area (TPSA) is 29.3 Å². The van der Waals surface area contributed by atoms with Crippen molar-refractivity contribution in [1.29, 1.82) is 0 Å². The van der Waals surface area contributed by atoms with E-state index in [0.29, 0.717) is 6.04 Å². The van der Waals surface area contributed by atoms with Crippen LogP contribution in [-0.4, -0.2) is 29.1 Å². The van der Waals surface area contributed by atoms with Gasteiger partial charge in [-0.2, -0.15) is 0 Å².